The smallest absolute Gasteiger partial charge is 0.135 e. The lowest BCUT2D eigenvalue weighted by Crippen LogP contribution is -1.98. The molecule has 2 aromatic rings. The summed E-state index contributed by atoms with van der Waals surface area (Å²) in [5.74, 6) is 0.660. The van der Waals surface area contributed by atoms with Gasteiger partial charge in [-0.15, -0.1) is 0 Å². The number of nitrogens with zero attached hydrogens (tertiary/aromatic N) is 1. The number of nitrogens with one attached hydrogen (secondary N) is 1. The summed E-state index contributed by atoms with van der Waals surface area (Å²) in [5, 5.41) is 12.9. The highest BCUT2D eigenvalue weighted by molar-refractivity contribution is 6.30. The SMILES string of the molecule is OCc1cccnc1Nc1ccc(Cl)cc1. The fraction of sp³-hybridized carbons (Fsp3) is 0.0833. The second-order valence-electron chi connectivity index (χ2n) is 3.30. The summed E-state index contributed by atoms with van der Waals surface area (Å²) >= 11 is 5.79. The van der Waals surface area contributed by atoms with E-state index in [0.29, 0.717) is 10.8 Å². The number of aliphatic hydroxyl groups is 1. The Morgan fingerprint density at radius 3 is 2.62 bits per heavy atom. The Morgan fingerprint density at radius 1 is 1.19 bits per heavy atom. The highest BCUT2D eigenvalue weighted by atomic mass is 35.5. The van der Waals surface area contributed by atoms with E-state index >= 15 is 0 Å². The summed E-state index contributed by atoms with van der Waals surface area (Å²) in [6.45, 7) is -0.0379. The fourth-order valence-corrected chi connectivity index (χ4v) is 1.47. The molecule has 82 valence electrons. The molecular formula is C12H11ClN2O. The van der Waals surface area contributed by atoms with Gasteiger partial charge in [0.05, 0.1) is 6.61 Å². The van der Waals surface area contributed by atoms with E-state index in [1.807, 2.05) is 18.2 Å². The Labute approximate surface area is 98.7 Å². The Balaban J connectivity index is 2.23. The number of halogens is 1. The molecule has 0 radical (unpaired) electrons. The standard InChI is InChI=1S/C12H11ClN2O/c13-10-3-5-11(6-4-10)15-12-9(8-16)2-1-7-14-12/h1-7,16H,8H2,(H,14,15). The molecule has 0 spiro atoms. The Bertz CT molecular complexity index is 471. The highest BCUT2D eigenvalue weighted by Gasteiger charge is 2.01. The van der Waals surface area contributed by atoms with Gasteiger partial charge in [0.15, 0.2) is 0 Å². The fourth-order valence-electron chi connectivity index (χ4n) is 1.35. The predicted molar refractivity (Wildman–Crippen MR) is 64.9 cm³/mol. The zero-order valence-corrected chi connectivity index (χ0v) is 9.28. The van der Waals surface area contributed by atoms with Crippen LogP contribution in [-0.4, -0.2) is 10.1 Å². The van der Waals surface area contributed by atoms with Crippen molar-refractivity contribution in [2.75, 3.05) is 5.32 Å². The van der Waals surface area contributed by atoms with Crippen LogP contribution in [0, 0.1) is 0 Å². The first-order valence-corrected chi connectivity index (χ1v) is 5.25. The molecule has 0 fully saturated rings. The van der Waals surface area contributed by atoms with Crippen LogP contribution in [0.1, 0.15) is 5.56 Å². The summed E-state index contributed by atoms with van der Waals surface area (Å²) in [5.41, 5.74) is 1.65. The minimum absolute atomic E-state index is 0.0379. The number of pyridine rings is 1. The number of aliphatic hydroxyl groups excluding tert-OH is 1. The average Bonchev–Trinajstić information content (AvgIpc) is 2.33. The van der Waals surface area contributed by atoms with Crippen molar-refractivity contribution in [3.8, 4) is 0 Å². The van der Waals surface area contributed by atoms with Gasteiger partial charge in [0.25, 0.3) is 0 Å². The summed E-state index contributed by atoms with van der Waals surface area (Å²) in [6, 6.07) is 10.9. The largest absolute Gasteiger partial charge is 0.392 e. The molecule has 1 heterocycles. The molecule has 1 aromatic heterocycles. The number of hydrogen-bond acceptors (Lipinski definition) is 3. The second kappa shape index (κ2) is 4.96. The van der Waals surface area contributed by atoms with Gasteiger partial charge in [0, 0.05) is 22.5 Å². The molecule has 0 atom stereocenters. The van der Waals surface area contributed by atoms with E-state index in [9.17, 15) is 0 Å². The molecule has 0 aliphatic rings. The highest BCUT2D eigenvalue weighted by Crippen LogP contribution is 2.20. The van der Waals surface area contributed by atoms with E-state index in [1.165, 1.54) is 0 Å². The van der Waals surface area contributed by atoms with Crippen molar-refractivity contribution in [2.45, 2.75) is 6.61 Å². The van der Waals surface area contributed by atoms with Crippen molar-refractivity contribution in [2.24, 2.45) is 0 Å². The van der Waals surface area contributed by atoms with Crippen LogP contribution in [0.3, 0.4) is 0 Å². The molecule has 0 saturated heterocycles. The summed E-state index contributed by atoms with van der Waals surface area (Å²) < 4.78 is 0. The third-order valence-electron chi connectivity index (χ3n) is 2.17. The lowest BCUT2D eigenvalue weighted by atomic mass is 10.2. The number of hydrogen-bond donors (Lipinski definition) is 2. The minimum Gasteiger partial charge on any atom is -0.392 e. The maximum atomic E-state index is 9.14. The molecule has 4 heteroatoms. The molecule has 16 heavy (non-hydrogen) atoms. The van der Waals surface area contributed by atoms with Crippen LogP contribution in [0.4, 0.5) is 11.5 Å². The van der Waals surface area contributed by atoms with E-state index in [4.69, 9.17) is 16.7 Å². The maximum Gasteiger partial charge on any atom is 0.135 e. The molecule has 0 unspecified atom stereocenters. The molecule has 0 saturated carbocycles. The third-order valence-corrected chi connectivity index (χ3v) is 2.42. The molecule has 2 rings (SSSR count). The van der Waals surface area contributed by atoms with Crippen molar-refractivity contribution in [1.82, 2.24) is 4.98 Å². The van der Waals surface area contributed by atoms with E-state index in [-0.39, 0.29) is 6.61 Å². The van der Waals surface area contributed by atoms with Crippen LogP contribution >= 0.6 is 11.6 Å². The van der Waals surface area contributed by atoms with E-state index < -0.39 is 0 Å². The monoisotopic (exact) mass is 234 g/mol. The van der Waals surface area contributed by atoms with Gasteiger partial charge in [-0.05, 0) is 30.3 Å². The Kier molecular flexibility index (Phi) is 3.39. The lowest BCUT2D eigenvalue weighted by molar-refractivity contribution is 0.282. The second-order valence-corrected chi connectivity index (χ2v) is 3.74. The summed E-state index contributed by atoms with van der Waals surface area (Å²) in [7, 11) is 0. The van der Waals surface area contributed by atoms with Gasteiger partial charge in [0.2, 0.25) is 0 Å². The van der Waals surface area contributed by atoms with Gasteiger partial charge in [-0.1, -0.05) is 17.7 Å². The normalized spacial score (nSPS) is 10.1. The molecule has 1 aromatic carbocycles. The molecule has 0 amide bonds. The van der Waals surface area contributed by atoms with Gasteiger partial charge in [0.1, 0.15) is 5.82 Å². The number of anilines is 2. The van der Waals surface area contributed by atoms with E-state index in [2.05, 4.69) is 10.3 Å². The van der Waals surface area contributed by atoms with Crippen LogP contribution in [0.15, 0.2) is 42.6 Å². The summed E-state index contributed by atoms with van der Waals surface area (Å²) in [4.78, 5) is 4.16. The number of aromatic nitrogens is 1. The van der Waals surface area contributed by atoms with Crippen molar-refractivity contribution in [1.29, 1.82) is 0 Å². The maximum absolute atomic E-state index is 9.14. The molecule has 0 aliphatic heterocycles. The molecular weight excluding hydrogens is 224 g/mol. The Hall–Kier alpha value is -1.58. The number of benzene rings is 1. The zero-order chi connectivity index (χ0) is 11.4. The van der Waals surface area contributed by atoms with Crippen molar-refractivity contribution in [3.05, 3.63) is 53.2 Å². The zero-order valence-electron chi connectivity index (χ0n) is 8.52. The lowest BCUT2D eigenvalue weighted by Gasteiger charge is -2.08. The van der Waals surface area contributed by atoms with Crippen LogP contribution < -0.4 is 5.32 Å². The van der Waals surface area contributed by atoms with Crippen LogP contribution in [0.25, 0.3) is 0 Å². The molecule has 0 aliphatic carbocycles. The predicted octanol–water partition coefficient (Wildman–Crippen LogP) is 2.97. The van der Waals surface area contributed by atoms with Gasteiger partial charge in [-0.2, -0.15) is 0 Å². The average molecular weight is 235 g/mol. The van der Waals surface area contributed by atoms with Gasteiger partial charge < -0.3 is 10.4 Å². The minimum atomic E-state index is -0.0379. The van der Waals surface area contributed by atoms with E-state index in [1.54, 1.807) is 24.4 Å². The molecule has 3 nitrogen and oxygen atoms in total. The van der Waals surface area contributed by atoms with E-state index in [0.717, 1.165) is 11.3 Å². The topological polar surface area (TPSA) is 45.2 Å². The third kappa shape index (κ3) is 2.51. The van der Waals surface area contributed by atoms with Crippen LogP contribution in [0.5, 0.6) is 0 Å². The van der Waals surface area contributed by atoms with Crippen LogP contribution in [-0.2, 0) is 6.61 Å². The van der Waals surface area contributed by atoms with Crippen molar-refractivity contribution >= 4 is 23.1 Å². The van der Waals surface area contributed by atoms with Crippen LogP contribution in [0.2, 0.25) is 5.02 Å². The Morgan fingerprint density at radius 2 is 1.94 bits per heavy atom. The first kappa shape index (κ1) is 10.9. The molecule has 2 N–H and O–H groups in total. The van der Waals surface area contributed by atoms with Gasteiger partial charge in [-0.25, -0.2) is 4.98 Å². The number of rotatable bonds is 3. The summed E-state index contributed by atoms with van der Waals surface area (Å²) in [6.07, 6.45) is 1.68. The molecule has 0 bridgehead atoms. The van der Waals surface area contributed by atoms with Gasteiger partial charge in [-0.3, -0.25) is 0 Å². The first-order valence-electron chi connectivity index (χ1n) is 4.87. The van der Waals surface area contributed by atoms with Crippen molar-refractivity contribution < 1.29 is 5.11 Å². The first-order chi connectivity index (χ1) is 7.79. The van der Waals surface area contributed by atoms with Gasteiger partial charge >= 0.3 is 0 Å². The van der Waals surface area contributed by atoms with Crippen molar-refractivity contribution in [3.63, 3.8) is 0 Å². The quantitative estimate of drug-likeness (QED) is 0.858.